The van der Waals surface area contributed by atoms with E-state index in [9.17, 15) is 14.0 Å². The lowest BCUT2D eigenvalue weighted by molar-refractivity contribution is 0.511. The molecule has 0 unspecified atom stereocenters. The van der Waals surface area contributed by atoms with Crippen molar-refractivity contribution in [3.63, 3.8) is 0 Å². The van der Waals surface area contributed by atoms with Crippen LogP contribution in [0.15, 0.2) is 76.4 Å². The zero-order chi connectivity index (χ0) is 18.4. The first kappa shape index (κ1) is 17.7. The number of halogens is 1. The fourth-order valence-corrected chi connectivity index (χ4v) is 2.76. The van der Waals surface area contributed by atoms with Crippen LogP contribution in [0.2, 0.25) is 0 Å². The highest BCUT2D eigenvalue weighted by Gasteiger charge is 2.12. The highest BCUT2D eigenvalue weighted by atomic mass is 19.1. The van der Waals surface area contributed by atoms with E-state index in [0.717, 1.165) is 11.1 Å². The van der Waals surface area contributed by atoms with E-state index in [0.29, 0.717) is 6.54 Å². The summed E-state index contributed by atoms with van der Waals surface area (Å²) >= 11 is 0. The summed E-state index contributed by atoms with van der Waals surface area (Å²) in [5.74, 6) is 0. The Bertz CT molecular complexity index is 966. The van der Waals surface area contributed by atoms with E-state index in [4.69, 9.17) is 0 Å². The van der Waals surface area contributed by atoms with Crippen molar-refractivity contribution in [1.29, 1.82) is 0 Å². The molecule has 3 aromatic rings. The molecule has 0 aliphatic rings. The molecule has 0 aliphatic heterocycles. The van der Waals surface area contributed by atoms with E-state index in [-0.39, 0.29) is 18.8 Å². The third-order valence-corrected chi connectivity index (χ3v) is 4.03. The van der Waals surface area contributed by atoms with Gasteiger partial charge in [-0.15, -0.1) is 0 Å². The van der Waals surface area contributed by atoms with Crippen LogP contribution in [0.25, 0.3) is 0 Å². The molecule has 0 saturated carbocycles. The molecule has 0 spiro atoms. The normalized spacial score (nSPS) is 10.7. The van der Waals surface area contributed by atoms with Crippen LogP contribution in [0.5, 0.6) is 0 Å². The van der Waals surface area contributed by atoms with Gasteiger partial charge in [-0.1, -0.05) is 60.7 Å². The number of alkyl halides is 1. The molecule has 0 fully saturated rings. The van der Waals surface area contributed by atoms with Gasteiger partial charge < -0.3 is 5.32 Å². The van der Waals surface area contributed by atoms with Crippen LogP contribution in [0.1, 0.15) is 11.1 Å². The molecule has 134 valence electrons. The van der Waals surface area contributed by atoms with Crippen LogP contribution < -0.4 is 16.6 Å². The molecular weight excluding hydrogens is 333 g/mol. The van der Waals surface area contributed by atoms with Gasteiger partial charge in [0.25, 0.3) is 5.56 Å². The summed E-state index contributed by atoms with van der Waals surface area (Å²) in [5.41, 5.74) is 1.16. The van der Waals surface area contributed by atoms with E-state index < -0.39 is 17.9 Å². The lowest BCUT2D eigenvalue weighted by Crippen LogP contribution is -2.41. The van der Waals surface area contributed by atoms with Gasteiger partial charge in [0.2, 0.25) is 0 Å². The molecule has 1 aromatic heterocycles. The number of hydrogen-bond acceptors (Lipinski definition) is 3. The van der Waals surface area contributed by atoms with Crippen LogP contribution in [0, 0.1) is 0 Å². The van der Waals surface area contributed by atoms with E-state index in [2.05, 4.69) is 5.32 Å². The van der Waals surface area contributed by atoms with Crippen molar-refractivity contribution in [2.75, 3.05) is 18.5 Å². The quantitative estimate of drug-likeness (QED) is 0.710. The second-order valence-corrected chi connectivity index (χ2v) is 5.93. The number of rotatable bonds is 7. The van der Waals surface area contributed by atoms with Crippen molar-refractivity contribution in [2.45, 2.75) is 13.1 Å². The molecule has 0 amide bonds. The van der Waals surface area contributed by atoms with Gasteiger partial charge in [-0.25, -0.2) is 9.18 Å². The maximum absolute atomic E-state index is 12.8. The van der Waals surface area contributed by atoms with E-state index >= 15 is 0 Å². The van der Waals surface area contributed by atoms with Crippen molar-refractivity contribution in [1.82, 2.24) is 9.13 Å². The molecule has 0 bridgehead atoms. The Balaban J connectivity index is 2.04. The van der Waals surface area contributed by atoms with Crippen LogP contribution >= 0.6 is 0 Å². The minimum absolute atomic E-state index is 0.0180. The molecule has 0 saturated heterocycles. The van der Waals surface area contributed by atoms with Crippen molar-refractivity contribution in [3.05, 3.63) is 98.8 Å². The SMILES string of the molecule is O=c1c(NCCF)cn(Cc2ccccc2)c(=O)n1Cc1ccccc1. The van der Waals surface area contributed by atoms with E-state index in [1.165, 1.54) is 15.3 Å². The molecule has 1 heterocycles. The lowest BCUT2D eigenvalue weighted by Gasteiger charge is -2.14. The monoisotopic (exact) mass is 353 g/mol. The van der Waals surface area contributed by atoms with Gasteiger partial charge in [0.15, 0.2) is 0 Å². The summed E-state index contributed by atoms with van der Waals surface area (Å²) in [6.07, 6.45) is 1.47. The van der Waals surface area contributed by atoms with E-state index in [1.54, 1.807) is 0 Å². The van der Waals surface area contributed by atoms with Gasteiger partial charge in [0.05, 0.1) is 13.1 Å². The number of nitrogens with one attached hydrogen (secondary N) is 1. The highest BCUT2D eigenvalue weighted by molar-refractivity contribution is 5.38. The molecule has 26 heavy (non-hydrogen) atoms. The van der Waals surface area contributed by atoms with Crippen LogP contribution in [0.3, 0.4) is 0 Å². The highest BCUT2D eigenvalue weighted by Crippen LogP contribution is 2.05. The van der Waals surface area contributed by atoms with E-state index in [1.807, 2.05) is 60.7 Å². The number of nitrogens with zero attached hydrogens (tertiary/aromatic N) is 2. The minimum Gasteiger partial charge on any atom is -0.377 e. The van der Waals surface area contributed by atoms with Crippen molar-refractivity contribution in [3.8, 4) is 0 Å². The summed E-state index contributed by atoms with van der Waals surface area (Å²) in [6, 6.07) is 18.8. The van der Waals surface area contributed by atoms with Crippen LogP contribution in [-0.2, 0) is 13.1 Å². The van der Waals surface area contributed by atoms with Crippen molar-refractivity contribution in [2.24, 2.45) is 0 Å². The Hall–Kier alpha value is -3.15. The predicted octanol–water partition coefficient (Wildman–Crippen LogP) is 2.49. The average Bonchev–Trinajstić information content (AvgIpc) is 2.68. The van der Waals surface area contributed by atoms with Crippen LogP contribution in [-0.4, -0.2) is 22.4 Å². The third-order valence-electron chi connectivity index (χ3n) is 4.03. The first-order valence-corrected chi connectivity index (χ1v) is 8.41. The summed E-state index contributed by atoms with van der Waals surface area (Å²) in [6.45, 7) is -0.0858. The molecule has 5 nitrogen and oxygen atoms in total. The van der Waals surface area contributed by atoms with Crippen molar-refractivity contribution < 1.29 is 4.39 Å². The van der Waals surface area contributed by atoms with Gasteiger partial charge in [-0.05, 0) is 11.1 Å². The minimum atomic E-state index is -0.601. The number of hydrogen-bond donors (Lipinski definition) is 1. The molecule has 3 rings (SSSR count). The summed E-state index contributed by atoms with van der Waals surface area (Å²) in [4.78, 5) is 25.5. The molecular formula is C20H20FN3O2. The zero-order valence-corrected chi connectivity index (χ0v) is 14.3. The number of aromatic nitrogens is 2. The Kier molecular flexibility index (Phi) is 5.63. The molecule has 0 aliphatic carbocycles. The average molecular weight is 353 g/mol. The first-order valence-electron chi connectivity index (χ1n) is 8.41. The predicted molar refractivity (Wildman–Crippen MR) is 101 cm³/mol. The Morgan fingerprint density at radius 1 is 0.846 bits per heavy atom. The van der Waals surface area contributed by atoms with Gasteiger partial charge in [0.1, 0.15) is 12.4 Å². The third kappa shape index (κ3) is 4.08. The summed E-state index contributed by atoms with van der Waals surface area (Å²) in [5, 5.41) is 2.77. The Labute approximate surface area is 150 Å². The second kappa shape index (κ2) is 8.29. The number of anilines is 1. The largest absolute Gasteiger partial charge is 0.377 e. The fraction of sp³-hybridized carbons (Fsp3) is 0.200. The zero-order valence-electron chi connectivity index (χ0n) is 14.3. The Morgan fingerprint density at radius 2 is 1.42 bits per heavy atom. The lowest BCUT2D eigenvalue weighted by atomic mass is 10.2. The number of benzene rings is 2. The van der Waals surface area contributed by atoms with Gasteiger partial charge in [0, 0.05) is 12.7 Å². The first-order chi connectivity index (χ1) is 12.7. The molecule has 6 heteroatoms. The van der Waals surface area contributed by atoms with Gasteiger partial charge >= 0.3 is 5.69 Å². The molecule has 1 N–H and O–H groups in total. The maximum Gasteiger partial charge on any atom is 0.331 e. The smallest absolute Gasteiger partial charge is 0.331 e. The molecule has 0 atom stereocenters. The maximum atomic E-state index is 12.8. The molecule has 0 radical (unpaired) electrons. The second-order valence-electron chi connectivity index (χ2n) is 5.93. The summed E-state index contributed by atoms with van der Waals surface area (Å²) < 4.78 is 15.2. The van der Waals surface area contributed by atoms with Gasteiger partial charge in [-0.3, -0.25) is 13.9 Å². The Morgan fingerprint density at radius 3 is 2.00 bits per heavy atom. The topological polar surface area (TPSA) is 56.0 Å². The fourth-order valence-electron chi connectivity index (χ4n) is 2.76. The molecule has 2 aromatic carbocycles. The van der Waals surface area contributed by atoms with Gasteiger partial charge in [-0.2, -0.15) is 0 Å². The standard InChI is InChI=1S/C20H20FN3O2/c21-11-12-22-18-15-23(13-16-7-3-1-4-8-16)20(26)24(19(18)25)14-17-9-5-2-6-10-17/h1-10,15,22H,11-14H2. The van der Waals surface area contributed by atoms with Crippen molar-refractivity contribution >= 4 is 5.69 Å². The van der Waals surface area contributed by atoms with Crippen LogP contribution in [0.4, 0.5) is 10.1 Å². The summed E-state index contributed by atoms with van der Waals surface area (Å²) in [7, 11) is 0.